The summed E-state index contributed by atoms with van der Waals surface area (Å²) in [6.45, 7) is 10.4. The third kappa shape index (κ3) is 4.65. The van der Waals surface area contributed by atoms with Crippen LogP contribution in [-0.2, 0) is 4.79 Å². The number of nitrogens with zero attached hydrogens (tertiary/aromatic N) is 2. The van der Waals surface area contributed by atoms with E-state index in [2.05, 4.69) is 29.7 Å². The van der Waals surface area contributed by atoms with Gasteiger partial charge in [0.05, 0.1) is 12.3 Å². The number of carbonyl (C=O) groups excluding carboxylic acids is 1. The molecular formula is C20H32N2O2. The van der Waals surface area contributed by atoms with Crippen molar-refractivity contribution >= 4 is 11.6 Å². The minimum Gasteiger partial charge on any atom is -0.492 e. The van der Waals surface area contributed by atoms with Gasteiger partial charge >= 0.3 is 0 Å². The molecule has 0 radical (unpaired) electrons. The minimum atomic E-state index is 0.201. The molecule has 1 atom stereocenters. The number of piperazine rings is 1. The summed E-state index contributed by atoms with van der Waals surface area (Å²) in [5.74, 6) is 1.49. The Hall–Kier alpha value is -1.71. The number of carbonyl (C=O) groups is 1. The second-order valence-corrected chi connectivity index (χ2v) is 6.46. The minimum absolute atomic E-state index is 0.201. The van der Waals surface area contributed by atoms with Gasteiger partial charge in [-0.15, -0.1) is 0 Å². The first-order valence-corrected chi connectivity index (χ1v) is 9.46. The Kier molecular flexibility index (Phi) is 7.41. The van der Waals surface area contributed by atoms with Crippen LogP contribution < -0.4 is 9.64 Å². The number of rotatable bonds is 8. The maximum atomic E-state index is 12.7. The van der Waals surface area contributed by atoms with Gasteiger partial charge in [-0.1, -0.05) is 38.8 Å². The molecule has 1 amide bonds. The monoisotopic (exact) mass is 332 g/mol. The standard InChI is InChI=1S/C20H32N2O2/c1-4-7-10-17(5-2)20(23)22-15-13-21(14-16-22)18-11-8-9-12-19(18)24-6-3/h8-9,11-12,17H,4-7,10,13-16H2,1-3H3/t17-/m0/s1. The van der Waals surface area contributed by atoms with Gasteiger partial charge in [0.15, 0.2) is 0 Å². The molecule has 1 heterocycles. The summed E-state index contributed by atoms with van der Waals surface area (Å²) >= 11 is 0. The number of hydrogen-bond acceptors (Lipinski definition) is 3. The highest BCUT2D eigenvalue weighted by Gasteiger charge is 2.26. The van der Waals surface area contributed by atoms with Crippen LogP contribution in [0.5, 0.6) is 5.75 Å². The zero-order valence-corrected chi connectivity index (χ0v) is 15.5. The van der Waals surface area contributed by atoms with E-state index < -0.39 is 0 Å². The van der Waals surface area contributed by atoms with E-state index in [1.807, 2.05) is 25.1 Å². The van der Waals surface area contributed by atoms with Gasteiger partial charge in [0.2, 0.25) is 5.91 Å². The predicted octanol–water partition coefficient (Wildman–Crippen LogP) is 3.95. The summed E-state index contributed by atoms with van der Waals surface area (Å²) in [6.07, 6.45) is 4.28. The van der Waals surface area contributed by atoms with Crippen molar-refractivity contribution in [3.8, 4) is 5.75 Å². The van der Waals surface area contributed by atoms with Crippen LogP contribution >= 0.6 is 0 Å². The first kappa shape index (κ1) is 18.6. The van der Waals surface area contributed by atoms with E-state index in [4.69, 9.17) is 4.74 Å². The van der Waals surface area contributed by atoms with Crippen molar-refractivity contribution in [1.29, 1.82) is 0 Å². The lowest BCUT2D eigenvalue weighted by molar-refractivity contribution is -0.136. The van der Waals surface area contributed by atoms with Crippen molar-refractivity contribution < 1.29 is 9.53 Å². The second kappa shape index (κ2) is 9.55. The molecule has 4 nitrogen and oxygen atoms in total. The summed E-state index contributed by atoms with van der Waals surface area (Å²) in [7, 11) is 0. The van der Waals surface area contributed by atoms with Gasteiger partial charge < -0.3 is 14.5 Å². The third-order valence-corrected chi connectivity index (χ3v) is 4.85. The Morgan fingerprint density at radius 1 is 1.12 bits per heavy atom. The Labute approximate surface area is 146 Å². The summed E-state index contributed by atoms with van der Waals surface area (Å²) in [4.78, 5) is 17.1. The van der Waals surface area contributed by atoms with Crippen LogP contribution in [0.15, 0.2) is 24.3 Å². The van der Waals surface area contributed by atoms with Crippen LogP contribution in [0.25, 0.3) is 0 Å². The van der Waals surface area contributed by atoms with Crippen molar-refractivity contribution in [3.63, 3.8) is 0 Å². The third-order valence-electron chi connectivity index (χ3n) is 4.85. The van der Waals surface area contributed by atoms with Crippen molar-refractivity contribution in [1.82, 2.24) is 4.90 Å². The van der Waals surface area contributed by atoms with Gasteiger partial charge in [-0.2, -0.15) is 0 Å². The van der Waals surface area contributed by atoms with Gasteiger partial charge in [-0.3, -0.25) is 4.79 Å². The largest absolute Gasteiger partial charge is 0.492 e. The lowest BCUT2D eigenvalue weighted by Gasteiger charge is -2.38. The molecule has 0 aromatic heterocycles. The molecule has 134 valence electrons. The summed E-state index contributed by atoms with van der Waals surface area (Å²) in [6, 6.07) is 8.19. The topological polar surface area (TPSA) is 32.8 Å². The van der Waals surface area contributed by atoms with Gasteiger partial charge in [0.25, 0.3) is 0 Å². The smallest absolute Gasteiger partial charge is 0.225 e. The quantitative estimate of drug-likeness (QED) is 0.722. The molecule has 0 N–H and O–H groups in total. The molecule has 0 spiro atoms. The van der Waals surface area contributed by atoms with Crippen LogP contribution in [0.4, 0.5) is 5.69 Å². The number of benzene rings is 1. The number of unbranched alkanes of at least 4 members (excludes halogenated alkanes) is 1. The molecule has 1 aliphatic rings. The van der Waals surface area contributed by atoms with E-state index in [0.717, 1.165) is 63.3 Å². The molecule has 0 saturated carbocycles. The average Bonchev–Trinajstić information content (AvgIpc) is 2.63. The second-order valence-electron chi connectivity index (χ2n) is 6.46. The van der Waals surface area contributed by atoms with E-state index >= 15 is 0 Å². The van der Waals surface area contributed by atoms with E-state index in [9.17, 15) is 4.79 Å². The van der Waals surface area contributed by atoms with E-state index in [1.165, 1.54) is 0 Å². The molecular weight excluding hydrogens is 300 g/mol. The van der Waals surface area contributed by atoms with Crippen molar-refractivity contribution in [2.75, 3.05) is 37.7 Å². The summed E-state index contributed by atoms with van der Waals surface area (Å²) in [5, 5.41) is 0. The van der Waals surface area contributed by atoms with Gasteiger partial charge in [-0.25, -0.2) is 0 Å². The van der Waals surface area contributed by atoms with Gasteiger partial charge in [-0.05, 0) is 31.9 Å². The van der Waals surface area contributed by atoms with E-state index in [1.54, 1.807) is 0 Å². The molecule has 0 unspecified atom stereocenters. The fourth-order valence-corrected chi connectivity index (χ4v) is 3.37. The normalized spacial score (nSPS) is 16.1. The molecule has 1 aromatic rings. The molecule has 1 aromatic carbocycles. The van der Waals surface area contributed by atoms with Crippen LogP contribution in [0.3, 0.4) is 0 Å². The van der Waals surface area contributed by atoms with Crippen LogP contribution in [0.1, 0.15) is 46.5 Å². The van der Waals surface area contributed by atoms with Gasteiger partial charge in [0.1, 0.15) is 5.75 Å². The maximum absolute atomic E-state index is 12.7. The van der Waals surface area contributed by atoms with Gasteiger partial charge in [0, 0.05) is 32.1 Å². The molecule has 0 bridgehead atoms. The van der Waals surface area contributed by atoms with E-state index in [0.29, 0.717) is 12.5 Å². The van der Waals surface area contributed by atoms with Crippen molar-refractivity contribution in [2.24, 2.45) is 5.92 Å². The molecule has 1 fully saturated rings. The molecule has 0 aliphatic carbocycles. The Bertz CT molecular complexity index is 510. The highest BCUT2D eigenvalue weighted by Crippen LogP contribution is 2.29. The van der Waals surface area contributed by atoms with Crippen LogP contribution in [0, 0.1) is 5.92 Å². The van der Waals surface area contributed by atoms with Crippen molar-refractivity contribution in [3.05, 3.63) is 24.3 Å². The molecule has 24 heavy (non-hydrogen) atoms. The van der Waals surface area contributed by atoms with Crippen LogP contribution in [-0.4, -0.2) is 43.6 Å². The Morgan fingerprint density at radius 2 is 1.83 bits per heavy atom. The fourth-order valence-electron chi connectivity index (χ4n) is 3.37. The highest BCUT2D eigenvalue weighted by molar-refractivity contribution is 5.79. The molecule has 1 aliphatic heterocycles. The number of amides is 1. The van der Waals surface area contributed by atoms with E-state index in [-0.39, 0.29) is 5.92 Å². The zero-order valence-electron chi connectivity index (χ0n) is 15.5. The number of para-hydroxylation sites is 2. The fraction of sp³-hybridized carbons (Fsp3) is 0.650. The zero-order chi connectivity index (χ0) is 17.4. The Morgan fingerprint density at radius 3 is 2.46 bits per heavy atom. The summed E-state index contributed by atoms with van der Waals surface area (Å²) < 4.78 is 5.74. The Balaban J connectivity index is 1.94. The van der Waals surface area contributed by atoms with Crippen LogP contribution in [0.2, 0.25) is 0 Å². The lowest BCUT2D eigenvalue weighted by Crippen LogP contribution is -2.50. The first-order chi connectivity index (χ1) is 11.7. The molecule has 2 rings (SSSR count). The van der Waals surface area contributed by atoms with Crippen molar-refractivity contribution in [2.45, 2.75) is 46.5 Å². The first-order valence-electron chi connectivity index (χ1n) is 9.46. The number of anilines is 1. The summed E-state index contributed by atoms with van der Waals surface area (Å²) in [5.41, 5.74) is 1.14. The average molecular weight is 332 g/mol. The molecule has 1 saturated heterocycles. The predicted molar refractivity (Wildman–Crippen MR) is 99.7 cm³/mol. The lowest BCUT2D eigenvalue weighted by atomic mass is 9.97. The number of hydrogen-bond donors (Lipinski definition) is 0. The molecule has 4 heteroatoms. The maximum Gasteiger partial charge on any atom is 0.225 e. The highest BCUT2D eigenvalue weighted by atomic mass is 16.5. The SMILES string of the molecule is CCCC[C@H](CC)C(=O)N1CCN(c2ccccc2OCC)CC1. The number of ether oxygens (including phenoxy) is 1.